The van der Waals surface area contributed by atoms with Gasteiger partial charge < -0.3 is 5.32 Å². The van der Waals surface area contributed by atoms with Gasteiger partial charge in [-0.2, -0.15) is 0 Å². The Labute approximate surface area is 136 Å². The lowest BCUT2D eigenvalue weighted by Crippen LogP contribution is -2.22. The number of sulfonamides is 1. The van der Waals surface area contributed by atoms with Crippen LogP contribution in [0.5, 0.6) is 0 Å². The first-order chi connectivity index (χ1) is 10.9. The molecule has 0 aliphatic carbocycles. The summed E-state index contributed by atoms with van der Waals surface area (Å²) in [5.41, 5.74) is 3.12. The number of amides is 1. The largest absolute Gasteiger partial charge is 0.348 e. The Hall–Kier alpha value is -2.34. The third-order valence-corrected chi connectivity index (χ3v) is 4.68. The number of anilines is 1. The smallest absolute Gasteiger partial charge is 0.251 e. The summed E-state index contributed by atoms with van der Waals surface area (Å²) in [5.74, 6) is -0.193. The maximum Gasteiger partial charge on any atom is 0.251 e. The van der Waals surface area contributed by atoms with Crippen LogP contribution in [0.4, 0.5) is 5.69 Å². The van der Waals surface area contributed by atoms with Crippen LogP contribution < -0.4 is 10.0 Å². The third kappa shape index (κ3) is 5.10. The average molecular weight is 332 g/mol. The second kappa shape index (κ2) is 7.28. The minimum Gasteiger partial charge on any atom is -0.348 e. The molecule has 0 heterocycles. The number of rotatable bonds is 6. The van der Waals surface area contributed by atoms with Gasteiger partial charge in [0.2, 0.25) is 10.0 Å². The number of nitrogens with one attached hydrogen (secondary N) is 2. The Kier molecular flexibility index (Phi) is 5.39. The van der Waals surface area contributed by atoms with Crippen molar-refractivity contribution in [2.75, 3.05) is 10.5 Å². The monoisotopic (exact) mass is 332 g/mol. The van der Waals surface area contributed by atoms with Crippen molar-refractivity contribution in [3.8, 4) is 0 Å². The van der Waals surface area contributed by atoms with E-state index in [1.54, 1.807) is 31.2 Å². The van der Waals surface area contributed by atoms with Crippen LogP contribution in [0, 0.1) is 6.92 Å². The van der Waals surface area contributed by atoms with Gasteiger partial charge in [0.25, 0.3) is 5.91 Å². The highest BCUT2D eigenvalue weighted by Crippen LogP contribution is 2.12. The summed E-state index contributed by atoms with van der Waals surface area (Å²) in [5, 5.41) is 2.84. The van der Waals surface area contributed by atoms with E-state index in [1.165, 1.54) is 5.56 Å². The van der Waals surface area contributed by atoms with Gasteiger partial charge >= 0.3 is 0 Å². The fourth-order valence-electron chi connectivity index (χ4n) is 1.93. The lowest BCUT2D eigenvalue weighted by atomic mass is 10.1. The summed E-state index contributed by atoms with van der Waals surface area (Å²) in [7, 11) is -3.31. The van der Waals surface area contributed by atoms with Crippen LogP contribution in [0.2, 0.25) is 0 Å². The van der Waals surface area contributed by atoms with Gasteiger partial charge in [0.1, 0.15) is 0 Å². The van der Waals surface area contributed by atoms with Gasteiger partial charge in [0, 0.05) is 17.8 Å². The van der Waals surface area contributed by atoms with Crippen LogP contribution >= 0.6 is 0 Å². The second-order valence-corrected chi connectivity index (χ2v) is 7.26. The molecule has 122 valence electrons. The van der Waals surface area contributed by atoms with Crippen molar-refractivity contribution in [1.82, 2.24) is 5.32 Å². The standard InChI is InChI=1S/C17H20N2O3S/c1-3-23(21,22)19-16-10-8-15(9-11-16)17(20)18-12-14-6-4-13(2)5-7-14/h4-11,19H,3,12H2,1-2H3,(H,18,20). The Bertz CT molecular complexity index is 766. The molecule has 0 aromatic heterocycles. The van der Waals surface area contributed by atoms with Gasteiger partial charge in [0.15, 0.2) is 0 Å². The molecule has 5 nitrogen and oxygen atoms in total. The Morgan fingerprint density at radius 2 is 1.61 bits per heavy atom. The van der Waals surface area contributed by atoms with Crippen molar-refractivity contribution in [2.24, 2.45) is 0 Å². The SMILES string of the molecule is CCS(=O)(=O)Nc1ccc(C(=O)NCc2ccc(C)cc2)cc1. The predicted molar refractivity (Wildman–Crippen MR) is 91.9 cm³/mol. The molecule has 0 radical (unpaired) electrons. The molecule has 0 aliphatic heterocycles. The molecule has 1 amide bonds. The van der Waals surface area contributed by atoms with E-state index in [0.29, 0.717) is 17.8 Å². The number of aryl methyl sites for hydroxylation is 1. The number of benzene rings is 2. The highest BCUT2D eigenvalue weighted by molar-refractivity contribution is 7.92. The van der Waals surface area contributed by atoms with Gasteiger partial charge in [0.05, 0.1) is 5.75 Å². The van der Waals surface area contributed by atoms with Crippen LogP contribution in [0.15, 0.2) is 48.5 Å². The van der Waals surface area contributed by atoms with Gasteiger partial charge in [-0.15, -0.1) is 0 Å². The maximum absolute atomic E-state index is 12.1. The van der Waals surface area contributed by atoms with E-state index in [4.69, 9.17) is 0 Å². The van der Waals surface area contributed by atoms with E-state index in [1.807, 2.05) is 31.2 Å². The quantitative estimate of drug-likeness (QED) is 0.854. The first kappa shape index (κ1) is 17.0. The summed E-state index contributed by atoms with van der Waals surface area (Å²) in [6.07, 6.45) is 0. The molecule has 0 aliphatic rings. The molecule has 6 heteroatoms. The maximum atomic E-state index is 12.1. The van der Waals surface area contributed by atoms with Crippen molar-refractivity contribution < 1.29 is 13.2 Å². The highest BCUT2D eigenvalue weighted by atomic mass is 32.2. The Morgan fingerprint density at radius 3 is 2.17 bits per heavy atom. The van der Waals surface area contributed by atoms with Crippen LogP contribution in [0.3, 0.4) is 0 Å². The summed E-state index contributed by atoms with van der Waals surface area (Å²) in [4.78, 5) is 12.1. The molecule has 0 unspecified atom stereocenters. The van der Waals surface area contributed by atoms with Crippen molar-refractivity contribution in [1.29, 1.82) is 0 Å². The molecule has 0 spiro atoms. The first-order valence-corrected chi connectivity index (χ1v) is 8.99. The molecule has 0 saturated heterocycles. The van der Waals surface area contributed by atoms with E-state index < -0.39 is 10.0 Å². The van der Waals surface area contributed by atoms with E-state index in [2.05, 4.69) is 10.0 Å². The third-order valence-electron chi connectivity index (χ3n) is 3.37. The number of hydrogen-bond acceptors (Lipinski definition) is 3. The fourth-order valence-corrected chi connectivity index (χ4v) is 2.57. The van der Waals surface area contributed by atoms with Crippen molar-refractivity contribution in [3.63, 3.8) is 0 Å². The predicted octanol–water partition coefficient (Wildman–Crippen LogP) is 2.69. The molecule has 2 rings (SSSR count). The summed E-state index contributed by atoms with van der Waals surface area (Å²) < 4.78 is 25.4. The molecule has 0 saturated carbocycles. The zero-order valence-corrected chi connectivity index (χ0v) is 14.0. The fraction of sp³-hybridized carbons (Fsp3) is 0.235. The van der Waals surface area contributed by atoms with Gasteiger partial charge in [-0.05, 0) is 43.7 Å². The molecule has 2 N–H and O–H groups in total. The summed E-state index contributed by atoms with van der Waals surface area (Å²) >= 11 is 0. The van der Waals surface area contributed by atoms with Crippen LogP contribution in [-0.4, -0.2) is 20.1 Å². The van der Waals surface area contributed by atoms with E-state index in [-0.39, 0.29) is 11.7 Å². The van der Waals surface area contributed by atoms with Gasteiger partial charge in [-0.3, -0.25) is 9.52 Å². The lowest BCUT2D eigenvalue weighted by molar-refractivity contribution is 0.0951. The zero-order chi connectivity index (χ0) is 16.9. The van der Waals surface area contributed by atoms with E-state index >= 15 is 0 Å². The minimum atomic E-state index is -3.31. The molecule has 2 aromatic rings. The van der Waals surface area contributed by atoms with Crippen molar-refractivity contribution in [3.05, 3.63) is 65.2 Å². The molecule has 23 heavy (non-hydrogen) atoms. The molecular formula is C17H20N2O3S. The molecule has 0 fully saturated rings. The van der Waals surface area contributed by atoms with Crippen LogP contribution in [0.25, 0.3) is 0 Å². The van der Waals surface area contributed by atoms with E-state index in [9.17, 15) is 13.2 Å². The summed E-state index contributed by atoms with van der Waals surface area (Å²) in [6, 6.07) is 14.3. The number of carbonyl (C=O) groups is 1. The minimum absolute atomic E-state index is 0.00574. The molecule has 0 atom stereocenters. The van der Waals surface area contributed by atoms with Crippen LogP contribution in [-0.2, 0) is 16.6 Å². The van der Waals surface area contributed by atoms with Gasteiger partial charge in [-0.1, -0.05) is 29.8 Å². The Morgan fingerprint density at radius 1 is 1.00 bits per heavy atom. The van der Waals surface area contributed by atoms with E-state index in [0.717, 1.165) is 5.56 Å². The average Bonchev–Trinajstić information content (AvgIpc) is 2.54. The number of carbonyl (C=O) groups excluding carboxylic acids is 1. The molecule has 0 bridgehead atoms. The molecule has 2 aromatic carbocycles. The highest BCUT2D eigenvalue weighted by Gasteiger charge is 2.08. The molecular weight excluding hydrogens is 312 g/mol. The topological polar surface area (TPSA) is 75.3 Å². The van der Waals surface area contributed by atoms with Crippen LogP contribution in [0.1, 0.15) is 28.4 Å². The van der Waals surface area contributed by atoms with Crippen molar-refractivity contribution in [2.45, 2.75) is 20.4 Å². The Balaban J connectivity index is 1.96. The van der Waals surface area contributed by atoms with Gasteiger partial charge in [-0.25, -0.2) is 8.42 Å². The normalized spacial score (nSPS) is 11.0. The number of hydrogen-bond donors (Lipinski definition) is 2. The first-order valence-electron chi connectivity index (χ1n) is 7.34. The van der Waals surface area contributed by atoms with Crippen molar-refractivity contribution >= 4 is 21.6 Å². The zero-order valence-electron chi connectivity index (χ0n) is 13.2. The lowest BCUT2D eigenvalue weighted by Gasteiger charge is -2.08. The second-order valence-electron chi connectivity index (χ2n) is 5.25. The summed E-state index contributed by atoms with van der Waals surface area (Å²) in [6.45, 7) is 4.02.